The van der Waals surface area contributed by atoms with Gasteiger partial charge in [0.2, 0.25) is 6.10 Å². The van der Waals surface area contributed by atoms with Gasteiger partial charge in [0.1, 0.15) is 12.6 Å². The Kier molecular flexibility index (Phi) is 18.2. The highest BCUT2D eigenvalue weighted by molar-refractivity contribution is 6.01. The van der Waals surface area contributed by atoms with E-state index in [1.54, 1.807) is 0 Å². The van der Waals surface area contributed by atoms with Gasteiger partial charge in [-0.1, -0.05) is 19.8 Å². The SMILES string of the molecule is CCCCCOOC(=O)C(N)COCCOCC(=O)C(OCCOCCN)C(=O)O. The maximum absolute atomic E-state index is 11.9. The molecule has 0 aromatic rings. The summed E-state index contributed by atoms with van der Waals surface area (Å²) in [7, 11) is 0. The Morgan fingerprint density at radius 2 is 1.63 bits per heavy atom. The summed E-state index contributed by atoms with van der Waals surface area (Å²) >= 11 is 0. The van der Waals surface area contributed by atoms with Crippen molar-refractivity contribution in [1.29, 1.82) is 0 Å². The van der Waals surface area contributed by atoms with Crippen LogP contribution in [0.3, 0.4) is 0 Å². The van der Waals surface area contributed by atoms with E-state index < -0.39 is 36.5 Å². The van der Waals surface area contributed by atoms with Crippen molar-refractivity contribution in [3.8, 4) is 0 Å². The number of hydrogen-bond acceptors (Lipinski definition) is 11. The minimum atomic E-state index is -1.65. The second-order valence-electron chi connectivity index (χ2n) is 6.12. The first-order valence-electron chi connectivity index (χ1n) is 9.83. The van der Waals surface area contributed by atoms with Gasteiger partial charge in [-0.3, -0.25) is 9.68 Å². The number of carbonyl (C=O) groups is 3. The molecule has 2 unspecified atom stereocenters. The van der Waals surface area contributed by atoms with E-state index >= 15 is 0 Å². The Bertz CT molecular complexity index is 478. The molecule has 0 heterocycles. The average Bonchev–Trinajstić information content (AvgIpc) is 2.72. The third kappa shape index (κ3) is 15.2. The third-order valence-corrected chi connectivity index (χ3v) is 3.48. The van der Waals surface area contributed by atoms with Crippen molar-refractivity contribution in [2.45, 2.75) is 38.3 Å². The van der Waals surface area contributed by atoms with Crippen molar-refractivity contribution in [3.05, 3.63) is 0 Å². The second-order valence-corrected chi connectivity index (χ2v) is 6.12. The van der Waals surface area contributed by atoms with Gasteiger partial charge in [-0.2, -0.15) is 4.89 Å². The molecule has 0 bridgehead atoms. The van der Waals surface area contributed by atoms with Crippen LogP contribution in [0.2, 0.25) is 0 Å². The summed E-state index contributed by atoms with van der Waals surface area (Å²) in [5.41, 5.74) is 10.8. The predicted molar refractivity (Wildman–Crippen MR) is 103 cm³/mol. The van der Waals surface area contributed by atoms with Crippen molar-refractivity contribution < 1.29 is 48.2 Å². The van der Waals surface area contributed by atoms with Gasteiger partial charge >= 0.3 is 11.9 Å². The maximum atomic E-state index is 11.9. The van der Waals surface area contributed by atoms with E-state index in [9.17, 15) is 14.4 Å². The van der Waals surface area contributed by atoms with Gasteiger partial charge in [0.05, 0.1) is 46.2 Å². The lowest BCUT2D eigenvalue weighted by Gasteiger charge is -2.13. The molecule has 5 N–H and O–H groups in total. The lowest BCUT2D eigenvalue weighted by atomic mass is 10.2. The smallest absolute Gasteiger partial charge is 0.361 e. The third-order valence-electron chi connectivity index (χ3n) is 3.48. The monoisotopic (exact) mass is 438 g/mol. The maximum Gasteiger partial charge on any atom is 0.361 e. The Morgan fingerprint density at radius 3 is 2.30 bits per heavy atom. The summed E-state index contributed by atoms with van der Waals surface area (Å²) in [6.07, 6.45) is 1.12. The van der Waals surface area contributed by atoms with Crippen LogP contribution in [0.25, 0.3) is 0 Å². The molecule has 0 amide bonds. The Labute approximate surface area is 176 Å². The molecule has 0 radical (unpaired) electrons. The topological polar surface area (TPSA) is 179 Å². The summed E-state index contributed by atoms with van der Waals surface area (Å²) in [5.74, 6) is -2.92. The van der Waals surface area contributed by atoms with Gasteiger partial charge in [0.15, 0.2) is 5.78 Å². The number of nitrogens with two attached hydrogens (primary N) is 2. The quantitative estimate of drug-likeness (QED) is 0.0865. The molecule has 0 aliphatic rings. The molecule has 0 aliphatic heterocycles. The first kappa shape index (κ1) is 28.3. The Hall–Kier alpha value is -1.67. The summed E-state index contributed by atoms with van der Waals surface area (Å²) in [5, 5.41) is 9.05. The largest absolute Gasteiger partial charge is 0.479 e. The molecule has 0 saturated heterocycles. The highest BCUT2D eigenvalue weighted by atomic mass is 17.2. The molecule has 0 spiro atoms. The molecule has 0 aromatic heterocycles. The minimum absolute atomic E-state index is 0.00697. The van der Waals surface area contributed by atoms with Crippen molar-refractivity contribution in [2.24, 2.45) is 11.5 Å². The van der Waals surface area contributed by atoms with Crippen molar-refractivity contribution in [1.82, 2.24) is 0 Å². The first-order chi connectivity index (χ1) is 14.4. The molecule has 12 heteroatoms. The fourth-order valence-electron chi connectivity index (χ4n) is 1.93. The fourth-order valence-corrected chi connectivity index (χ4v) is 1.93. The van der Waals surface area contributed by atoms with E-state index in [-0.39, 0.29) is 33.0 Å². The summed E-state index contributed by atoms with van der Waals surface area (Å²) in [4.78, 5) is 43.9. The van der Waals surface area contributed by atoms with E-state index in [1.807, 2.05) is 6.92 Å². The number of carboxylic acid groups (broad SMARTS) is 1. The standard InChI is InChI=1S/C18H34N2O10/c1-2-3-4-6-29-30-18(24)14(20)12-26-8-9-27-13-15(21)16(17(22)23)28-11-10-25-7-5-19/h14,16H,2-13,19-20H2,1H3,(H,22,23). The van der Waals surface area contributed by atoms with Crippen LogP contribution in [-0.4, -0.2) is 94.4 Å². The molecular formula is C18H34N2O10. The van der Waals surface area contributed by atoms with E-state index in [2.05, 4.69) is 4.89 Å². The van der Waals surface area contributed by atoms with Crippen LogP contribution < -0.4 is 11.5 Å². The van der Waals surface area contributed by atoms with Gasteiger partial charge in [-0.25, -0.2) is 9.59 Å². The Morgan fingerprint density at radius 1 is 0.933 bits per heavy atom. The Balaban J connectivity index is 3.84. The number of Topliss-reactive ketones (excluding diaryl/α,β-unsaturated/α-hetero) is 1. The number of aliphatic carboxylic acids is 1. The number of ketones is 1. The summed E-state index contributed by atoms with van der Waals surface area (Å²) in [6.45, 7) is 2.47. The first-order valence-corrected chi connectivity index (χ1v) is 9.83. The minimum Gasteiger partial charge on any atom is -0.479 e. The fraction of sp³-hybridized carbons (Fsp3) is 0.833. The van der Waals surface area contributed by atoms with E-state index in [0.29, 0.717) is 19.8 Å². The van der Waals surface area contributed by atoms with E-state index in [0.717, 1.165) is 19.3 Å². The predicted octanol–water partition coefficient (Wildman–Crippen LogP) is -0.974. The van der Waals surface area contributed by atoms with Crippen LogP contribution in [0.4, 0.5) is 0 Å². The van der Waals surface area contributed by atoms with Gasteiger partial charge in [-0.05, 0) is 6.42 Å². The number of ether oxygens (including phenoxy) is 4. The van der Waals surface area contributed by atoms with Gasteiger partial charge in [-0.15, -0.1) is 0 Å². The molecule has 0 fully saturated rings. The van der Waals surface area contributed by atoms with Crippen molar-refractivity contribution in [2.75, 3.05) is 59.4 Å². The molecule has 30 heavy (non-hydrogen) atoms. The summed E-state index contributed by atoms with van der Waals surface area (Å²) in [6, 6.07) is -1.02. The van der Waals surface area contributed by atoms with E-state index in [1.165, 1.54) is 0 Å². The number of rotatable bonds is 21. The molecule has 12 nitrogen and oxygen atoms in total. The number of hydrogen-bond donors (Lipinski definition) is 3. The van der Waals surface area contributed by atoms with Gasteiger partial charge in [0.25, 0.3) is 0 Å². The lowest BCUT2D eigenvalue weighted by molar-refractivity contribution is -0.274. The van der Waals surface area contributed by atoms with Crippen LogP contribution in [-0.2, 0) is 43.1 Å². The van der Waals surface area contributed by atoms with Gasteiger partial charge < -0.3 is 35.5 Å². The molecule has 0 aliphatic carbocycles. The number of unbranched alkanes of at least 4 members (excludes halogenated alkanes) is 2. The van der Waals surface area contributed by atoms with Crippen LogP contribution in [0.5, 0.6) is 0 Å². The molecule has 0 rings (SSSR count). The average molecular weight is 438 g/mol. The van der Waals surface area contributed by atoms with Crippen LogP contribution in [0.1, 0.15) is 26.2 Å². The highest BCUT2D eigenvalue weighted by Gasteiger charge is 2.26. The van der Waals surface area contributed by atoms with Crippen LogP contribution in [0, 0.1) is 0 Å². The van der Waals surface area contributed by atoms with E-state index in [4.69, 9.17) is 40.4 Å². The molecule has 2 atom stereocenters. The molecular weight excluding hydrogens is 404 g/mol. The van der Waals surface area contributed by atoms with Crippen LogP contribution >= 0.6 is 0 Å². The zero-order valence-corrected chi connectivity index (χ0v) is 17.4. The highest BCUT2D eigenvalue weighted by Crippen LogP contribution is 1.98. The zero-order valence-electron chi connectivity index (χ0n) is 17.4. The second kappa shape index (κ2) is 19.3. The molecule has 176 valence electrons. The zero-order chi connectivity index (χ0) is 22.6. The molecule has 0 aromatic carbocycles. The van der Waals surface area contributed by atoms with Crippen molar-refractivity contribution in [3.63, 3.8) is 0 Å². The lowest BCUT2D eigenvalue weighted by Crippen LogP contribution is -2.37. The van der Waals surface area contributed by atoms with Crippen LogP contribution in [0.15, 0.2) is 0 Å². The van der Waals surface area contributed by atoms with Gasteiger partial charge in [0, 0.05) is 6.54 Å². The molecule has 0 saturated carbocycles. The normalized spacial score (nSPS) is 13.0. The van der Waals surface area contributed by atoms with Crippen molar-refractivity contribution >= 4 is 17.7 Å². The summed E-state index contributed by atoms with van der Waals surface area (Å²) < 4.78 is 20.3. The number of carbonyl (C=O) groups excluding carboxylic acids is 2. The number of carboxylic acids is 1.